The van der Waals surface area contributed by atoms with Crippen LogP contribution in [0.5, 0.6) is 5.75 Å². The normalized spacial score (nSPS) is 11.0. The molecule has 0 aliphatic heterocycles. The van der Waals surface area contributed by atoms with Gasteiger partial charge in [0, 0.05) is 5.69 Å². The smallest absolute Gasteiger partial charge is 0.416 e. The van der Waals surface area contributed by atoms with E-state index in [1.165, 1.54) is 7.11 Å². The maximum absolute atomic E-state index is 12.5. The van der Waals surface area contributed by atoms with Crippen LogP contribution >= 0.6 is 0 Å². The summed E-state index contributed by atoms with van der Waals surface area (Å²) in [6, 6.07) is 8.64. The van der Waals surface area contributed by atoms with Gasteiger partial charge in [-0.2, -0.15) is 13.2 Å². The van der Waals surface area contributed by atoms with Gasteiger partial charge in [-0.3, -0.25) is 0 Å². The maximum atomic E-state index is 12.5. The minimum atomic E-state index is -4.49. The number of benzene rings is 2. The van der Waals surface area contributed by atoms with Crippen molar-refractivity contribution in [3.05, 3.63) is 48.0 Å². The molecule has 0 aromatic heterocycles. The van der Waals surface area contributed by atoms with Gasteiger partial charge in [0.1, 0.15) is 5.75 Å². The van der Waals surface area contributed by atoms with Crippen molar-refractivity contribution in [1.82, 2.24) is 0 Å². The van der Waals surface area contributed by atoms with Crippen molar-refractivity contribution in [3.63, 3.8) is 0 Å². The highest BCUT2D eigenvalue weighted by Gasteiger charge is 2.30. The van der Waals surface area contributed by atoms with Crippen LogP contribution in [0.25, 0.3) is 0 Å². The zero-order chi connectivity index (χ0) is 17.0. The molecule has 0 fully saturated rings. The second-order valence-electron chi connectivity index (χ2n) is 4.61. The number of urea groups is 1. The molecular formula is C15H14F3N3O2. The number of alkyl halides is 3. The third-order valence-corrected chi connectivity index (χ3v) is 2.97. The van der Waals surface area contributed by atoms with E-state index in [-0.39, 0.29) is 11.4 Å². The number of nitrogens with two attached hydrogens (primary N) is 1. The Bertz CT molecular complexity index is 700. The number of carbonyl (C=O) groups is 1. The fourth-order valence-corrected chi connectivity index (χ4v) is 1.81. The van der Waals surface area contributed by atoms with E-state index < -0.39 is 17.8 Å². The van der Waals surface area contributed by atoms with Gasteiger partial charge in [-0.25, -0.2) is 4.79 Å². The number of amides is 2. The van der Waals surface area contributed by atoms with Crippen LogP contribution in [0.2, 0.25) is 0 Å². The molecule has 2 rings (SSSR count). The van der Waals surface area contributed by atoms with Crippen molar-refractivity contribution in [2.45, 2.75) is 6.18 Å². The summed E-state index contributed by atoms with van der Waals surface area (Å²) in [6.45, 7) is 0. The fourth-order valence-electron chi connectivity index (χ4n) is 1.81. The molecule has 0 unspecified atom stereocenters. The molecule has 0 atom stereocenters. The monoisotopic (exact) mass is 325 g/mol. The average molecular weight is 325 g/mol. The van der Waals surface area contributed by atoms with Gasteiger partial charge in [0.15, 0.2) is 0 Å². The SMILES string of the molecule is COc1ccc(NC(=O)Nc2ccc(C(F)(F)F)cc2N)cc1. The molecule has 0 heterocycles. The first-order valence-electron chi connectivity index (χ1n) is 6.48. The van der Waals surface area contributed by atoms with Crippen LogP contribution in [0.15, 0.2) is 42.5 Å². The number of ether oxygens (including phenoxy) is 1. The first-order valence-corrected chi connectivity index (χ1v) is 6.48. The number of nitrogen functional groups attached to an aromatic ring is 1. The molecule has 23 heavy (non-hydrogen) atoms. The van der Waals surface area contributed by atoms with Crippen molar-refractivity contribution >= 4 is 23.1 Å². The highest BCUT2D eigenvalue weighted by atomic mass is 19.4. The average Bonchev–Trinajstić information content (AvgIpc) is 2.49. The van der Waals surface area contributed by atoms with Gasteiger partial charge >= 0.3 is 12.2 Å². The summed E-state index contributed by atoms with van der Waals surface area (Å²) in [7, 11) is 1.52. The van der Waals surface area contributed by atoms with Crippen molar-refractivity contribution < 1.29 is 22.7 Å². The maximum Gasteiger partial charge on any atom is 0.416 e. The number of halogens is 3. The van der Waals surface area contributed by atoms with Crippen molar-refractivity contribution in [3.8, 4) is 5.75 Å². The fraction of sp³-hybridized carbons (Fsp3) is 0.133. The van der Waals surface area contributed by atoms with Crippen LogP contribution in [0.3, 0.4) is 0 Å². The third-order valence-electron chi connectivity index (χ3n) is 2.97. The summed E-state index contributed by atoms with van der Waals surface area (Å²) in [4.78, 5) is 11.8. The zero-order valence-corrected chi connectivity index (χ0v) is 12.1. The van der Waals surface area contributed by atoms with Crippen LogP contribution in [-0.2, 0) is 6.18 Å². The summed E-state index contributed by atoms with van der Waals surface area (Å²) in [5, 5.41) is 4.92. The first-order chi connectivity index (χ1) is 10.8. The Kier molecular flexibility index (Phi) is 4.63. The number of anilines is 3. The molecule has 2 amide bonds. The Morgan fingerprint density at radius 3 is 2.26 bits per heavy atom. The lowest BCUT2D eigenvalue weighted by Crippen LogP contribution is -2.20. The van der Waals surface area contributed by atoms with E-state index in [0.29, 0.717) is 11.4 Å². The highest BCUT2D eigenvalue weighted by Crippen LogP contribution is 2.32. The minimum absolute atomic E-state index is 0.0870. The lowest BCUT2D eigenvalue weighted by atomic mass is 10.1. The van der Waals surface area contributed by atoms with Gasteiger partial charge in [-0.05, 0) is 42.5 Å². The quantitative estimate of drug-likeness (QED) is 0.748. The summed E-state index contributed by atoms with van der Waals surface area (Å²) >= 11 is 0. The van der Waals surface area contributed by atoms with E-state index in [1.807, 2.05) is 0 Å². The minimum Gasteiger partial charge on any atom is -0.497 e. The van der Waals surface area contributed by atoms with E-state index in [4.69, 9.17) is 10.5 Å². The summed E-state index contributed by atoms with van der Waals surface area (Å²) in [6.07, 6.45) is -4.49. The first kappa shape index (κ1) is 16.5. The Morgan fingerprint density at radius 1 is 1.09 bits per heavy atom. The topological polar surface area (TPSA) is 76.4 Å². The molecule has 0 bridgehead atoms. The molecule has 0 aliphatic carbocycles. The third kappa shape index (κ3) is 4.29. The molecule has 0 saturated carbocycles. The summed E-state index contributed by atoms with van der Waals surface area (Å²) in [5.41, 5.74) is 5.07. The van der Waals surface area contributed by atoms with E-state index in [0.717, 1.165) is 18.2 Å². The molecule has 0 spiro atoms. The standard InChI is InChI=1S/C15H14F3N3O2/c1-23-11-5-3-10(4-6-11)20-14(22)21-13-7-2-9(8-12(13)19)15(16,17)18/h2-8H,19H2,1H3,(H2,20,21,22). The van der Waals surface area contributed by atoms with Crippen LogP contribution in [-0.4, -0.2) is 13.1 Å². The molecule has 0 radical (unpaired) electrons. The molecular weight excluding hydrogens is 311 g/mol. The number of hydrogen-bond acceptors (Lipinski definition) is 3. The number of nitrogens with one attached hydrogen (secondary N) is 2. The van der Waals surface area contributed by atoms with Crippen LogP contribution < -0.4 is 21.1 Å². The van der Waals surface area contributed by atoms with Gasteiger partial charge in [0.05, 0.1) is 24.0 Å². The lowest BCUT2D eigenvalue weighted by Gasteiger charge is -2.12. The Balaban J connectivity index is 2.05. The number of methoxy groups -OCH3 is 1. The molecule has 122 valence electrons. The highest BCUT2D eigenvalue weighted by molar-refractivity contribution is 6.01. The van der Waals surface area contributed by atoms with Gasteiger partial charge in [0.2, 0.25) is 0 Å². The van der Waals surface area contributed by atoms with E-state index >= 15 is 0 Å². The van der Waals surface area contributed by atoms with Crippen molar-refractivity contribution in [1.29, 1.82) is 0 Å². The molecule has 4 N–H and O–H groups in total. The predicted molar refractivity (Wildman–Crippen MR) is 81.5 cm³/mol. The zero-order valence-electron chi connectivity index (χ0n) is 12.1. The Labute approximate surface area is 130 Å². The number of carbonyl (C=O) groups excluding carboxylic acids is 1. The summed E-state index contributed by atoms with van der Waals surface area (Å²) < 4.78 is 42.6. The summed E-state index contributed by atoms with van der Waals surface area (Å²) in [5.74, 6) is 0.628. The van der Waals surface area contributed by atoms with Crippen molar-refractivity contribution in [2.24, 2.45) is 0 Å². The molecule has 5 nitrogen and oxygen atoms in total. The van der Waals surface area contributed by atoms with Gasteiger partial charge in [-0.15, -0.1) is 0 Å². The van der Waals surface area contributed by atoms with E-state index in [2.05, 4.69) is 10.6 Å². The van der Waals surface area contributed by atoms with Gasteiger partial charge < -0.3 is 21.1 Å². The molecule has 2 aromatic rings. The molecule has 0 aliphatic rings. The molecule has 2 aromatic carbocycles. The van der Waals surface area contributed by atoms with Crippen molar-refractivity contribution in [2.75, 3.05) is 23.5 Å². The Morgan fingerprint density at radius 2 is 1.74 bits per heavy atom. The molecule has 0 saturated heterocycles. The lowest BCUT2D eigenvalue weighted by molar-refractivity contribution is -0.137. The number of rotatable bonds is 3. The number of hydrogen-bond donors (Lipinski definition) is 3. The second-order valence-corrected chi connectivity index (χ2v) is 4.61. The van der Waals surface area contributed by atoms with Crippen LogP contribution in [0.1, 0.15) is 5.56 Å². The largest absolute Gasteiger partial charge is 0.497 e. The van der Waals surface area contributed by atoms with E-state index in [9.17, 15) is 18.0 Å². The Hall–Kier alpha value is -2.90. The van der Waals surface area contributed by atoms with Gasteiger partial charge in [-0.1, -0.05) is 0 Å². The van der Waals surface area contributed by atoms with Crippen LogP contribution in [0, 0.1) is 0 Å². The van der Waals surface area contributed by atoms with Crippen LogP contribution in [0.4, 0.5) is 35.0 Å². The predicted octanol–water partition coefficient (Wildman–Crippen LogP) is 3.94. The van der Waals surface area contributed by atoms with Gasteiger partial charge in [0.25, 0.3) is 0 Å². The molecule has 8 heteroatoms. The van der Waals surface area contributed by atoms with E-state index in [1.54, 1.807) is 24.3 Å². The second kappa shape index (κ2) is 6.47.